The highest BCUT2D eigenvalue weighted by atomic mass is 35.5. The molecule has 0 heterocycles. The molecule has 164 valence electrons. The summed E-state index contributed by atoms with van der Waals surface area (Å²) < 4.78 is 26.8. The molecular weight excluding hydrogens is 410 g/mol. The maximum absolute atomic E-state index is 12.8. The van der Waals surface area contributed by atoms with E-state index in [2.05, 4.69) is 5.32 Å². The maximum Gasteiger partial charge on any atom is 0.264 e. The standard InChI is InChI=1S/C21H30ClNO4S.CH4/c1-28(25,26)27-12-4-7-16-8-9-19(22)18(13-16)20(24)23-15-21-10-2-5-17(14-21)6-3-11-21;/h8-9,13,17H,2-7,10-12,14-15H2,1H3,(H,23,24);1H4. The predicted molar refractivity (Wildman–Crippen MR) is 118 cm³/mol. The zero-order valence-corrected chi connectivity index (χ0v) is 18.1. The van der Waals surface area contributed by atoms with Crippen LogP contribution in [-0.2, 0) is 20.7 Å². The molecule has 1 N–H and O–H groups in total. The van der Waals surface area contributed by atoms with Crippen LogP contribution >= 0.6 is 11.6 Å². The summed E-state index contributed by atoms with van der Waals surface area (Å²) in [7, 11) is -3.42. The van der Waals surface area contributed by atoms with Gasteiger partial charge in [0.1, 0.15) is 0 Å². The maximum atomic E-state index is 12.8. The summed E-state index contributed by atoms with van der Waals surface area (Å²) >= 11 is 6.27. The number of carbonyl (C=O) groups excluding carboxylic acids is 1. The van der Waals surface area contributed by atoms with E-state index in [1.807, 2.05) is 6.07 Å². The van der Waals surface area contributed by atoms with Gasteiger partial charge in [-0.2, -0.15) is 8.42 Å². The van der Waals surface area contributed by atoms with Crippen molar-refractivity contribution in [3.63, 3.8) is 0 Å². The Bertz CT molecular complexity index is 799. The van der Waals surface area contributed by atoms with Gasteiger partial charge in [0.15, 0.2) is 0 Å². The molecular formula is C22H34ClNO4S. The van der Waals surface area contributed by atoms with E-state index in [0.29, 0.717) is 23.4 Å². The lowest BCUT2D eigenvalue weighted by Crippen LogP contribution is -2.43. The van der Waals surface area contributed by atoms with E-state index in [-0.39, 0.29) is 25.4 Å². The van der Waals surface area contributed by atoms with Crippen LogP contribution in [0.25, 0.3) is 0 Å². The highest BCUT2D eigenvalue weighted by molar-refractivity contribution is 7.85. The third-order valence-electron chi connectivity index (χ3n) is 6.17. The fraction of sp³-hybridized carbons (Fsp3) is 0.682. The van der Waals surface area contributed by atoms with Crippen molar-refractivity contribution in [2.45, 2.75) is 65.2 Å². The molecule has 2 saturated carbocycles. The average Bonchev–Trinajstić information content (AvgIpc) is 2.64. The average molecular weight is 444 g/mol. The molecule has 1 aromatic rings. The van der Waals surface area contributed by atoms with Crippen molar-refractivity contribution >= 4 is 27.6 Å². The Morgan fingerprint density at radius 2 is 1.97 bits per heavy atom. The van der Waals surface area contributed by atoms with E-state index >= 15 is 0 Å². The smallest absolute Gasteiger partial charge is 0.264 e. The van der Waals surface area contributed by atoms with Gasteiger partial charge in [-0.05, 0) is 61.1 Å². The van der Waals surface area contributed by atoms with Crippen molar-refractivity contribution in [3.05, 3.63) is 34.3 Å². The van der Waals surface area contributed by atoms with Crippen LogP contribution in [0, 0.1) is 11.3 Å². The van der Waals surface area contributed by atoms with Gasteiger partial charge >= 0.3 is 0 Å². The van der Waals surface area contributed by atoms with Crippen LogP contribution in [0.4, 0.5) is 0 Å². The van der Waals surface area contributed by atoms with Crippen molar-refractivity contribution in [2.24, 2.45) is 11.3 Å². The summed E-state index contributed by atoms with van der Waals surface area (Å²) in [4.78, 5) is 12.8. The van der Waals surface area contributed by atoms with Crippen molar-refractivity contribution in [1.82, 2.24) is 5.32 Å². The first-order valence-electron chi connectivity index (χ1n) is 10.2. The molecule has 1 aromatic carbocycles. The molecule has 29 heavy (non-hydrogen) atoms. The second kappa shape index (κ2) is 10.3. The number of rotatable bonds is 8. The van der Waals surface area contributed by atoms with Crippen LogP contribution in [0.5, 0.6) is 0 Å². The minimum atomic E-state index is -3.42. The number of carbonyl (C=O) groups is 1. The number of nitrogens with one attached hydrogen (secondary N) is 1. The van der Waals surface area contributed by atoms with Crippen LogP contribution < -0.4 is 5.32 Å². The highest BCUT2D eigenvalue weighted by Crippen LogP contribution is 2.48. The van der Waals surface area contributed by atoms with Gasteiger partial charge < -0.3 is 5.32 Å². The first-order valence-corrected chi connectivity index (χ1v) is 12.4. The Morgan fingerprint density at radius 3 is 2.62 bits per heavy atom. The van der Waals surface area contributed by atoms with Gasteiger partial charge in [0.05, 0.1) is 23.4 Å². The molecule has 3 rings (SSSR count). The molecule has 0 saturated heterocycles. The number of hydrogen-bond donors (Lipinski definition) is 1. The van der Waals surface area contributed by atoms with Gasteiger partial charge in [0.25, 0.3) is 16.0 Å². The second-order valence-electron chi connectivity index (χ2n) is 8.48. The van der Waals surface area contributed by atoms with Crippen LogP contribution in [0.1, 0.15) is 74.7 Å². The van der Waals surface area contributed by atoms with E-state index in [9.17, 15) is 13.2 Å². The summed E-state index contributed by atoms with van der Waals surface area (Å²) in [6, 6.07) is 5.41. The van der Waals surface area contributed by atoms with Crippen LogP contribution in [0.2, 0.25) is 5.02 Å². The Balaban J connectivity index is 0.00000300. The largest absolute Gasteiger partial charge is 0.351 e. The Labute approximate surface area is 180 Å². The minimum Gasteiger partial charge on any atom is -0.351 e. The summed E-state index contributed by atoms with van der Waals surface area (Å²) in [6.45, 7) is 0.859. The number of aryl methyl sites for hydroxylation is 1. The minimum absolute atomic E-state index is 0. The van der Waals surface area contributed by atoms with Gasteiger partial charge in [0, 0.05) is 6.54 Å². The SMILES string of the molecule is C.CS(=O)(=O)OCCCc1ccc(Cl)c(C(=O)NCC23CCCC(CCC2)C3)c1. The molecule has 0 radical (unpaired) electrons. The Kier molecular flexibility index (Phi) is 8.56. The van der Waals surface area contributed by atoms with Crippen molar-refractivity contribution in [2.75, 3.05) is 19.4 Å². The van der Waals surface area contributed by atoms with Crippen molar-refractivity contribution in [1.29, 1.82) is 0 Å². The Morgan fingerprint density at radius 1 is 1.28 bits per heavy atom. The van der Waals surface area contributed by atoms with Gasteiger partial charge in [-0.15, -0.1) is 0 Å². The second-order valence-corrected chi connectivity index (χ2v) is 10.5. The number of amides is 1. The topological polar surface area (TPSA) is 72.5 Å². The van der Waals surface area contributed by atoms with E-state index in [1.165, 1.54) is 44.9 Å². The molecule has 5 nitrogen and oxygen atoms in total. The lowest BCUT2D eigenvalue weighted by atomic mass is 9.62. The molecule has 7 heteroatoms. The van der Waals surface area contributed by atoms with E-state index in [4.69, 9.17) is 15.8 Å². The quantitative estimate of drug-likeness (QED) is 0.454. The van der Waals surface area contributed by atoms with Crippen molar-refractivity contribution < 1.29 is 17.4 Å². The normalized spacial score (nSPS) is 23.9. The first kappa shape index (κ1) is 24.2. The molecule has 0 spiro atoms. The Hall–Kier alpha value is -1.11. The molecule has 0 aliphatic heterocycles. The molecule has 2 aliphatic rings. The fourth-order valence-electron chi connectivity index (χ4n) is 4.82. The first-order chi connectivity index (χ1) is 13.3. The van der Waals surface area contributed by atoms with Crippen LogP contribution in [0.3, 0.4) is 0 Å². The van der Waals surface area contributed by atoms with Crippen LogP contribution in [-0.4, -0.2) is 33.7 Å². The third kappa shape index (κ3) is 6.97. The summed E-state index contributed by atoms with van der Waals surface area (Å²) in [5.41, 5.74) is 1.70. The monoisotopic (exact) mass is 443 g/mol. The molecule has 0 unspecified atom stereocenters. The molecule has 2 fully saturated rings. The van der Waals surface area contributed by atoms with E-state index in [1.54, 1.807) is 12.1 Å². The number of hydrogen-bond acceptors (Lipinski definition) is 4. The third-order valence-corrected chi connectivity index (χ3v) is 7.09. The summed E-state index contributed by atoms with van der Waals surface area (Å²) in [6.07, 6.45) is 11.1. The van der Waals surface area contributed by atoms with Gasteiger partial charge in [-0.25, -0.2) is 0 Å². The lowest BCUT2D eigenvalue weighted by molar-refractivity contribution is 0.0681. The number of benzene rings is 1. The molecule has 2 bridgehead atoms. The predicted octanol–water partition coefficient (Wildman–Crippen LogP) is 4.98. The van der Waals surface area contributed by atoms with E-state index in [0.717, 1.165) is 24.3 Å². The van der Waals surface area contributed by atoms with Crippen molar-refractivity contribution in [3.8, 4) is 0 Å². The zero-order chi connectivity index (χ0) is 20.2. The zero-order valence-electron chi connectivity index (χ0n) is 16.5. The van der Waals surface area contributed by atoms with Gasteiger partial charge in [-0.3, -0.25) is 8.98 Å². The highest BCUT2D eigenvalue weighted by Gasteiger charge is 2.39. The number of fused-ring (bicyclic) bond motifs is 2. The fourth-order valence-corrected chi connectivity index (χ4v) is 5.45. The van der Waals surface area contributed by atoms with Gasteiger partial charge in [-0.1, -0.05) is 50.8 Å². The molecule has 0 aromatic heterocycles. The number of halogens is 1. The van der Waals surface area contributed by atoms with Gasteiger partial charge in [0.2, 0.25) is 0 Å². The van der Waals surface area contributed by atoms with Crippen LogP contribution in [0.15, 0.2) is 18.2 Å². The molecule has 1 amide bonds. The summed E-state index contributed by atoms with van der Waals surface area (Å²) in [5.74, 6) is 0.710. The van der Waals surface area contributed by atoms with E-state index < -0.39 is 10.1 Å². The molecule has 2 aliphatic carbocycles. The summed E-state index contributed by atoms with van der Waals surface area (Å²) in [5, 5.41) is 3.58. The lowest BCUT2D eigenvalue weighted by Gasteiger charge is -2.45. The molecule has 0 atom stereocenters.